The number of hydrogen-bond acceptors (Lipinski definition) is 0. The fourth-order valence-corrected chi connectivity index (χ4v) is 13.1. The maximum atomic E-state index is 2.62. The van der Waals surface area contributed by atoms with Crippen molar-refractivity contribution in [1.82, 2.24) is 4.57 Å². The third-order valence-electron chi connectivity index (χ3n) is 10.8. The molecule has 6 aromatic carbocycles. The van der Waals surface area contributed by atoms with Gasteiger partial charge in [-0.1, -0.05) is 155 Å². The van der Waals surface area contributed by atoms with E-state index >= 15 is 0 Å². The Hall–Kier alpha value is -4.66. The molecule has 0 fully saturated rings. The summed E-state index contributed by atoms with van der Waals surface area (Å²) in [5, 5.41) is 8.25. The lowest BCUT2D eigenvalue weighted by atomic mass is 9.63. The first-order valence-corrected chi connectivity index (χ1v) is 18.7. The van der Waals surface area contributed by atoms with Gasteiger partial charge in [0.25, 0.3) is 0 Å². The van der Waals surface area contributed by atoms with Gasteiger partial charge in [-0.15, -0.1) is 0 Å². The lowest BCUT2D eigenvalue weighted by Gasteiger charge is -2.43. The molecular formula is C44H41NSi. The first-order chi connectivity index (χ1) is 22.3. The minimum absolute atomic E-state index is 0.124. The van der Waals surface area contributed by atoms with E-state index < -0.39 is 8.07 Å². The fourth-order valence-electron chi connectivity index (χ4n) is 8.28. The highest BCUT2D eigenvalue weighted by Gasteiger charge is 2.44. The summed E-state index contributed by atoms with van der Waals surface area (Å²) in [6.07, 6.45) is 2.41. The van der Waals surface area contributed by atoms with Crippen molar-refractivity contribution in [3.63, 3.8) is 0 Å². The van der Waals surface area contributed by atoms with Gasteiger partial charge in [0.15, 0.2) is 8.07 Å². The summed E-state index contributed by atoms with van der Waals surface area (Å²) in [7, 11) is -2.76. The number of fused-ring (bicyclic) bond motifs is 4. The normalized spacial score (nSPS) is 15.6. The van der Waals surface area contributed by atoms with Crippen molar-refractivity contribution in [2.75, 3.05) is 0 Å². The topological polar surface area (TPSA) is 4.93 Å². The molecule has 226 valence electrons. The summed E-state index contributed by atoms with van der Waals surface area (Å²) in [4.78, 5) is 0. The van der Waals surface area contributed by atoms with Gasteiger partial charge in [-0.3, -0.25) is 0 Å². The molecule has 0 saturated heterocycles. The number of nitrogens with zero attached hydrogens (tertiary/aromatic N) is 1. The summed E-state index contributed by atoms with van der Waals surface area (Å²) in [6.45, 7) is 9.74. The van der Waals surface area contributed by atoms with Gasteiger partial charge < -0.3 is 4.57 Å². The zero-order valence-electron chi connectivity index (χ0n) is 27.3. The average molecular weight is 612 g/mol. The SMILES string of the molecule is CC1(C)CCC(C)(C)c2cc([Si](c3ccccc3)(c3ccccc3)c3cccc(-n4c5ccccc5c5ccccc54)c3)ccc21. The Morgan fingerprint density at radius 1 is 0.435 bits per heavy atom. The van der Waals surface area contributed by atoms with Crippen molar-refractivity contribution >= 4 is 50.6 Å². The van der Waals surface area contributed by atoms with Crippen LogP contribution in [-0.2, 0) is 10.8 Å². The van der Waals surface area contributed by atoms with Gasteiger partial charge in [0.1, 0.15) is 0 Å². The Morgan fingerprint density at radius 3 is 1.50 bits per heavy atom. The van der Waals surface area contributed by atoms with Crippen LogP contribution in [0.25, 0.3) is 27.5 Å². The van der Waals surface area contributed by atoms with Crippen LogP contribution in [0.15, 0.2) is 152 Å². The van der Waals surface area contributed by atoms with E-state index in [4.69, 9.17) is 0 Å². The lowest BCUT2D eigenvalue weighted by molar-refractivity contribution is 0.332. The van der Waals surface area contributed by atoms with E-state index in [0.29, 0.717) is 0 Å². The van der Waals surface area contributed by atoms with Crippen molar-refractivity contribution in [1.29, 1.82) is 0 Å². The van der Waals surface area contributed by atoms with Crippen molar-refractivity contribution in [2.24, 2.45) is 0 Å². The van der Waals surface area contributed by atoms with Crippen LogP contribution in [0, 0.1) is 0 Å². The van der Waals surface area contributed by atoms with Crippen LogP contribution < -0.4 is 20.7 Å². The van der Waals surface area contributed by atoms with E-state index in [1.54, 1.807) is 0 Å². The van der Waals surface area contributed by atoms with Crippen molar-refractivity contribution in [3.05, 3.63) is 163 Å². The highest BCUT2D eigenvalue weighted by molar-refractivity contribution is 7.19. The summed E-state index contributed by atoms with van der Waals surface area (Å²) in [5.74, 6) is 0. The number of rotatable bonds is 5. The molecule has 0 bridgehead atoms. The molecule has 0 N–H and O–H groups in total. The van der Waals surface area contributed by atoms with E-state index in [-0.39, 0.29) is 10.8 Å². The zero-order valence-corrected chi connectivity index (χ0v) is 28.3. The van der Waals surface area contributed by atoms with Crippen LogP contribution in [0.1, 0.15) is 51.7 Å². The van der Waals surface area contributed by atoms with Gasteiger partial charge in [0, 0.05) is 16.5 Å². The predicted octanol–water partition coefficient (Wildman–Crippen LogP) is 8.51. The van der Waals surface area contributed by atoms with Crippen LogP contribution >= 0.6 is 0 Å². The molecule has 0 unspecified atom stereocenters. The van der Waals surface area contributed by atoms with Crippen molar-refractivity contribution < 1.29 is 0 Å². The van der Waals surface area contributed by atoms with Gasteiger partial charge in [-0.25, -0.2) is 0 Å². The van der Waals surface area contributed by atoms with E-state index in [1.807, 2.05) is 0 Å². The third-order valence-corrected chi connectivity index (χ3v) is 15.6. The second-order valence-corrected chi connectivity index (χ2v) is 18.2. The van der Waals surface area contributed by atoms with Crippen LogP contribution in [-0.4, -0.2) is 12.6 Å². The minimum atomic E-state index is -2.76. The molecule has 1 aliphatic carbocycles. The molecule has 1 aromatic heterocycles. The molecular weight excluding hydrogens is 571 g/mol. The molecule has 1 nitrogen and oxygen atoms in total. The van der Waals surface area contributed by atoms with Crippen LogP contribution in [0.5, 0.6) is 0 Å². The molecule has 1 aliphatic rings. The molecule has 0 aliphatic heterocycles. The summed E-state index contributed by atoms with van der Waals surface area (Å²) >= 11 is 0. The Morgan fingerprint density at radius 2 is 0.913 bits per heavy atom. The van der Waals surface area contributed by atoms with Crippen molar-refractivity contribution in [3.8, 4) is 5.69 Å². The molecule has 7 aromatic rings. The zero-order chi connectivity index (χ0) is 31.5. The molecule has 1 heterocycles. The minimum Gasteiger partial charge on any atom is -0.309 e. The van der Waals surface area contributed by atoms with Crippen LogP contribution in [0.3, 0.4) is 0 Å². The van der Waals surface area contributed by atoms with E-state index in [9.17, 15) is 0 Å². The smallest absolute Gasteiger partial charge is 0.179 e. The van der Waals surface area contributed by atoms with Gasteiger partial charge in [-0.2, -0.15) is 0 Å². The molecule has 0 spiro atoms. The van der Waals surface area contributed by atoms with E-state index in [1.165, 1.54) is 72.2 Å². The van der Waals surface area contributed by atoms with Gasteiger partial charge >= 0.3 is 0 Å². The Balaban J connectivity index is 1.47. The molecule has 0 saturated carbocycles. The number of para-hydroxylation sites is 2. The highest BCUT2D eigenvalue weighted by atomic mass is 28.3. The Bertz CT molecular complexity index is 2110. The highest BCUT2D eigenvalue weighted by Crippen LogP contribution is 2.45. The second kappa shape index (κ2) is 10.7. The summed E-state index contributed by atoms with van der Waals surface area (Å²) < 4.78 is 2.46. The molecule has 46 heavy (non-hydrogen) atoms. The fraction of sp³-hybridized carbons (Fsp3) is 0.182. The van der Waals surface area contributed by atoms with Crippen molar-refractivity contribution in [2.45, 2.75) is 51.4 Å². The second-order valence-electron chi connectivity index (χ2n) is 14.4. The first-order valence-electron chi connectivity index (χ1n) is 16.7. The Labute approximate surface area is 274 Å². The number of aromatic nitrogens is 1. The molecule has 8 rings (SSSR count). The van der Waals surface area contributed by atoms with Crippen LogP contribution in [0.4, 0.5) is 0 Å². The van der Waals surface area contributed by atoms with Gasteiger partial charge in [0.05, 0.1) is 11.0 Å². The third kappa shape index (κ3) is 4.35. The molecule has 0 amide bonds. The monoisotopic (exact) mass is 611 g/mol. The summed E-state index contributed by atoms with van der Waals surface area (Å²) in [6, 6.07) is 57.4. The largest absolute Gasteiger partial charge is 0.309 e. The standard InChI is InChI=1S/C44H41NSi/c1-43(2)28-29-44(3,4)40-31-36(26-27-39(40)43)46(33-17-7-5-8-18-33,34-19-9-6-10-20-34)35-21-15-16-32(30-35)45-41-24-13-11-22-37(41)38-23-12-14-25-42(38)45/h5-27,30-31H,28-29H2,1-4H3. The average Bonchev–Trinajstić information content (AvgIpc) is 3.43. The molecule has 2 heteroatoms. The number of hydrogen-bond donors (Lipinski definition) is 0. The lowest BCUT2D eigenvalue weighted by Crippen LogP contribution is -2.75. The molecule has 0 atom stereocenters. The predicted molar refractivity (Wildman–Crippen MR) is 200 cm³/mol. The van der Waals surface area contributed by atoms with Gasteiger partial charge in [-0.05, 0) is 79.8 Å². The summed E-state index contributed by atoms with van der Waals surface area (Å²) in [5.41, 5.74) is 7.01. The first kappa shape index (κ1) is 28.8. The molecule has 0 radical (unpaired) electrons. The van der Waals surface area contributed by atoms with E-state index in [0.717, 1.165) is 0 Å². The Kier molecular flexibility index (Phi) is 6.70. The van der Waals surface area contributed by atoms with Gasteiger partial charge in [0.2, 0.25) is 0 Å². The van der Waals surface area contributed by atoms with E-state index in [2.05, 4.69) is 184 Å². The quantitative estimate of drug-likeness (QED) is 0.136. The maximum absolute atomic E-state index is 2.76. The maximum Gasteiger partial charge on any atom is 0.179 e. The number of benzene rings is 6. The van der Waals surface area contributed by atoms with Crippen LogP contribution in [0.2, 0.25) is 0 Å².